The Balaban J connectivity index is 1.06. The Morgan fingerprint density at radius 1 is 0.310 bits per heavy atom. The molecule has 276 valence electrons. The number of aromatic nitrogens is 2. The molecule has 2 aliphatic carbocycles. The number of hydrogen-bond donors (Lipinski definition) is 0. The molecule has 2 aliphatic rings. The van der Waals surface area contributed by atoms with E-state index in [1.807, 2.05) is 6.07 Å². The number of benzene rings is 8. The largest absolute Gasteiger partial charge is 0.228 e. The van der Waals surface area contributed by atoms with E-state index in [2.05, 4.69) is 204 Å². The third kappa shape index (κ3) is 5.18. The van der Waals surface area contributed by atoms with Crippen molar-refractivity contribution in [2.24, 2.45) is 0 Å². The summed E-state index contributed by atoms with van der Waals surface area (Å²) in [5.74, 6) is 0.711. The molecule has 58 heavy (non-hydrogen) atoms. The Labute approximate surface area is 340 Å². The Morgan fingerprint density at radius 2 is 0.828 bits per heavy atom. The molecule has 2 heteroatoms. The summed E-state index contributed by atoms with van der Waals surface area (Å²) in [4.78, 5) is 10.6. The van der Waals surface area contributed by atoms with Gasteiger partial charge in [-0.3, -0.25) is 0 Å². The maximum absolute atomic E-state index is 5.32. The molecule has 8 aromatic carbocycles. The van der Waals surface area contributed by atoms with E-state index < -0.39 is 0 Å². The quantitative estimate of drug-likeness (QED) is 0.175. The highest BCUT2D eigenvalue weighted by Crippen LogP contribution is 2.55. The van der Waals surface area contributed by atoms with E-state index in [-0.39, 0.29) is 10.8 Å². The van der Waals surface area contributed by atoms with Crippen LogP contribution in [-0.2, 0) is 10.8 Å². The first-order chi connectivity index (χ1) is 28.3. The van der Waals surface area contributed by atoms with Gasteiger partial charge >= 0.3 is 0 Å². The zero-order valence-corrected chi connectivity index (χ0v) is 33.2. The van der Waals surface area contributed by atoms with E-state index in [0.717, 1.165) is 33.6 Å². The van der Waals surface area contributed by atoms with Crippen LogP contribution >= 0.6 is 0 Å². The van der Waals surface area contributed by atoms with Gasteiger partial charge in [0.25, 0.3) is 0 Å². The molecular weight excluding hydrogens is 701 g/mol. The fourth-order valence-corrected chi connectivity index (χ4v) is 9.90. The van der Waals surface area contributed by atoms with Crippen LogP contribution in [-0.4, -0.2) is 9.97 Å². The lowest BCUT2D eigenvalue weighted by molar-refractivity contribution is 0.660. The van der Waals surface area contributed by atoms with Crippen LogP contribution < -0.4 is 0 Å². The summed E-state index contributed by atoms with van der Waals surface area (Å²) in [6.45, 7) is 9.40. The molecule has 0 saturated heterocycles. The predicted octanol–water partition coefficient (Wildman–Crippen LogP) is 14.6. The second kappa shape index (κ2) is 12.8. The first-order valence-electron chi connectivity index (χ1n) is 20.3. The Hall–Kier alpha value is -6.90. The normalized spacial score (nSPS) is 14.1. The third-order valence-electron chi connectivity index (χ3n) is 12.9. The van der Waals surface area contributed by atoms with E-state index in [1.54, 1.807) is 0 Å². The van der Waals surface area contributed by atoms with E-state index in [9.17, 15) is 0 Å². The van der Waals surface area contributed by atoms with Gasteiger partial charge in [0.1, 0.15) is 0 Å². The van der Waals surface area contributed by atoms with E-state index in [4.69, 9.17) is 9.97 Å². The molecule has 0 atom stereocenters. The molecule has 0 fully saturated rings. The van der Waals surface area contributed by atoms with E-state index in [0.29, 0.717) is 5.82 Å². The molecule has 0 saturated carbocycles. The molecule has 2 nitrogen and oxygen atoms in total. The summed E-state index contributed by atoms with van der Waals surface area (Å²) in [5.41, 5.74) is 20.4. The minimum Gasteiger partial charge on any atom is -0.228 e. The minimum absolute atomic E-state index is 0.0445. The van der Waals surface area contributed by atoms with Crippen molar-refractivity contribution in [3.8, 4) is 78.4 Å². The summed E-state index contributed by atoms with van der Waals surface area (Å²) in [7, 11) is 0. The Kier molecular flexibility index (Phi) is 7.59. The average Bonchev–Trinajstić information content (AvgIpc) is 3.65. The van der Waals surface area contributed by atoms with Gasteiger partial charge in [0.05, 0.1) is 11.4 Å². The fourth-order valence-electron chi connectivity index (χ4n) is 9.90. The number of hydrogen-bond acceptors (Lipinski definition) is 2. The topological polar surface area (TPSA) is 25.8 Å². The van der Waals surface area contributed by atoms with E-state index >= 15 is 0 Å². The maximum Gasteiger partial charge on any atom is 0.160 e. The van der Waals surface area contributed by atoms with Gasteiger partial charge in [-0.1, -0.05) is 191 Å². The van der Waals surface area contributed by atoms with Crippen LogP contribution in [0.5, 0.6) is 0 Å². The van der Waals surface area contributed by atoms with Crippen molar-refractivity contribution in [2.75, 3.05) is 0 Å². The second-order valence-corrected chi connectivity index (χ2v) is 16.9. The van der Waals surface area contributed by atoms with Crippen LogP contribution in [0.15, 0.2) is 182 Å². The highest BCUT2D eigenvalue weighted by Gasteiger charge is 2.38. The van der Waals surface area contributed by atoms with Gasteiger partial charge < -0.3 is 0 Å². The van der Waals surface area contributed by atoms with Gasteiger partial charge in [0.2, 0.25) is 0 Å². The number of nitrogens with zero attached hydrogens (tertiary/aromatic N) is 2. The first-order valence-corrected chi connectivity index (χ1v) is 20.3. The van der Waals surface area contributed by atoms with Gasteiger partial charge in [-0.15, -0.1) is 0 Å². The lowest BCUT2D eigenvalue weighted by Gasteiger charge is -2.22. The number of fused-ring (bicyclic) bond motifs is 7. The van der Waals surface area contributed by atoms with Gasteiger partial charge in [0.15, 0.2) is 5.82 Å². The molecule has 0 N–H and O–H groups in total. The van der Waals surface area contributed by atoms with Crippen molar-refractivity contribution in [2.45, 2.75) is 38.5 Å². The fraction of sp³-hybridized carbons (Fsp3) is 0.107. The summed E-state index contributed by atoms with van der Waals surface area (Å²) < 4.78 is 0. The maximum atomic E-state index is 5.32. The third-order valence-corrected chi connectivity index (χ3v) is 12.9. The molecule has 1 aromatic heterocycles. The second-order valence-electron chi connectivity index (χ2n) is 16.9. The average molecular weight is 743 g/mol. The molecule has 0 unspecified atom stereocenters. The minimum atomic E-state index is -0.131. The number of rotatable bonds is 5. The SMILES string of the molecule is CC1(C)c2ccccc2-c2c(-c3ccc(-c4cc(-c5ccccc5-c5cccc6c5-c5cc7ccccc7cc5C6(C)C)nc(-c5ccccc5)n4)cc3)cccc21. The zero-order valence-electron chi connectivity index (χ0n) is 33.2. The highest BCUT2D eigenvalue weighted by molar-refractivity contribution is 6.01. The molecular formula is C56H42N2. The van der Waals surface area contributed by atoms with Crippen molar-refractivity contribution in [1.82, 2.24) is 9.97 Å². The Morgan fingerprint density at radius 3 is 1.57 bits per heavy atom. The standard InChI is InChI=1S/C56H42N2/c1-55(2)46-25-13-12-22-44(46)52-40(23-14-26-47(52)55)35-28-30-36(31-29-35)50-34-51(58-54(57-50)37-16-6-5-7-17-37)42-21-11-10-20-41(42)43-24-15-27-48-53(43)45-32-38-18-8-9-19-39(38)33-49(45)56(48,3)4/h5-34H,1-4H3. The molecule has 1 heterocycles. The lowest BCUT2D eigenvalue weighted by atomic mass is 9.81. The molecule has 9 aromatic rings. The first kappa shape index (κ1) is 34.4. The molecule has 0 aliphatic heterocycles. The van der Waals surface area contributed by atoms with Crippen LogP contribution in [0.25, 0.3) is 89.2 Å². The van der Waals surface area contributed by atoms with Crippen molar-refractivity contribution in [3.63, 3.8) is 0 Å². The smallest absolute Gasteiger partial charge is 0.160 e. The van der Waals surface area contributed by atoms with Crippen LogP contribution in [0.2, 0.25) is 0 Å². The van der Waals surface area contributed by atoms with Crippen molar-refractivity contribution >= 4 is 10.8 Å². The lowest BCUT2D eigenvalue weighted by Crippen LogP contribution is -2.14. The van der Waals surface area contributed by atoms with Crippen LogP contribution in [0.3, 0.4) is 0 Å². The Bertz CT molecular complexity index is 3100. The molecule has 0 radical (unpaired) electrons. The van der Waals surface area contributed by atoms with Gasteiger partial charge in [-0.05, 0) is 95.7 Å². The molecule has 0 amide bonds. The monoisotopic (exact) mass is 742 g/mol. The summed E-state index contributed by atoms with van der Waals surface area (Å²) in [6, 6.07) is 66.2. The van der Waals surface area contributed by atoms with Gasteiger partial charge in [0, 0.05) is 27.5 Å². The van der Waals surface area contributed by atoms with Gasteiger partial charge in [-0.25, -0.2) is 9.97 Å². The van der Waals surface area contributed by atoms with Crippen LogP contribution in [0, 0.1) is 0 Å². The van der Waals surface area contributed by atoms with Crippen LogP contribution in [0.1, 0.15) is 49.9 Å². The zero-order chi connectivity index (χ0) is 39.2. The molecule has 0 spiro atoms. The summed E-state index contributed by atoms with van der Waals surface area (Å²) >= 11 is 0. The van der Waals surface area contributed by atoms with Crippen LogP contribution in [0.4, 0.5) is 0 Å². The highest BCUT2D eigenvalue weighted by atomic mass is 14.9. The summed E-state index contributed by atoms with van der Waals surface area (Å²) in [6.07, 6.45) is 0. The summed E-state index contributed by atoms with van der Waals surface area (Å²) in [5, 5.41) is 2.54. The van der Waals surface area contributed by atoms with Crippen molar-refractivity contribution in [3.05, 3.63) is 204 Å². The predicted molar refractivity (Wildman–Crippen MR) is 242 cm³/mol. The molecule has 0 bridgehead atoms. The molecule has 11 rings (SSSR count). The van der Waals surface area contributed by atoms with E-state index in [1.165, 1.54) is 72.0 Å². The van der Waals surface area contributed by atoms with Gasteiger partial charge in [-0.2, -0.15) is 0 Å². The van der Waals surface area contributed by atoms with Crippen molar-refractivity contribution < 1.29 is 0 Å². The van der Waals surface area contributed by atoms with Crippen molar-refractivity contribution in [1.29, 1.82) is 0 Å².